The minimum absolute atomic E-state index is 0.0506. The molecular weight excluding hydrogens is 560 g/mol. The summed E-state index contributed by atoms with van der Waals surface area (Å²) in [6.45, 7) is 17.4. The molecule has 1 aliphatic heterocycles. The highest BCUT2D eigenvalue weighted by atomic mass is 16.7. The fraction of sp³-hybridized carbons (Fsp3) is 0.944. The molecule has 4 aliphatic carbocycles. The molecule has 0 aromatic carbocycles. The van der Waals surface area contributed by atoms with Crippen molar-refractivity contribution in [2.24, 2.45) is 45.3 Å². The van der Waals surface area contributed by atoms with Crippen molar-refractivity contribution in [3.8, 4) is 0 Å². The molecule has 6 N–H and O–H groups in total. The molecule has 0 aromatic rings. The summed E-state index contributed by atoms with van der Waals surface area (Å²) in [5.74, 6) is 1.68. The average molecular weight is 623 g/mol. The molecule has 254 valence electrons. The third-order valence-electron chi connectivity index (χ3n) is 14.2. The van der Waals surface area contributed by atoms with Gasteiger partial charge in [-0.05, 0) is 93.3 Å². The van der Waals surface area contributed by atoms with Crippen LogP contribution >= 0.6 is 0 Å². The molecule has 0 bridgehead atoms. The Morgan fingerprint density at radius 1 is 0.977 bits per heavy atom. The molecule has 3 unspecified atom stereocenters. The molecule has 1 heterocycles. The predicted molar refractivity (Wildman–Crippen MR) is 168 cm³/mol. The molecular formula is C36H62O8. The number of aliphatic hydroxyl groups excluding tert-OH is 5. The highest BCUT2D eigenvalue weighted by Gasteiger charge is 2.70. The summed E-state index contributed by atoms with van der Waals surface area (Å²) in [6, 6.07) is 0. The van der Waals surface area contributed by atoms with Crippen LogP contribution in [0.5, 0.6) is 0 Å². The Bertz CT molecular complexity index is 1070. The first-order valence-corrected chi connectivity index (χ1v) is 17.4. The van der Waals surface area contributed by atoms with Crippen LogP contribution < -0.4 is 0 Å². The molecule has 14 atom stereocenters. The molecule has 0 radical (unpaired) electrons. The third kappa shape index (κ3) is 5.35. The van der Waals surface area contributed by atoms with Gasteiger partial charge in [0.05, 0.1) is 24.4 Å². The smallest absolute Gasteiger partial charge is 0.187 e. The molecule has 0 amide bonds. The average Bonchev–Trinajstić information content (AvgIpc) is 3.20. The number of hydrogen-bond acceptors (Lipinski definition) is 8. The van der Waals surface area contributed by atoms with Gasteiger partial charge in [-0.25, -0.2) is 0 Å². The minimum Gasteiger partial charge on any atom is -0.394 e. The topological polar surface area (TPSA) is 140 Å². The van der Waals surface area contributed by atoms with E-state index in [0.29, 0.717) is 24.2 Å². The molecule has 8 heteroatoms. The standard InChI is InChI=1S/C36H62O8/c1-20(10-9-16-32(2,3)42)21-15-17-34(6)25-13-11-22-23(36(25,8)26(38)18-35(21,34)7)12-14-27(33(22,4)5)44-31-30(41)29(40)28(39)24(19-37)43-31/h11,20-21,23-31,37-42H,9-10,12-19H2,1-8H3/t20-,21?,23?,24-,25?,26-,27+,28-,29+,30-,31+,34+,35-,36+/m1/s1. The Hall–Kier alpha value is -0.580. The lowest BCUT2D eigenvalue weighted by molar-refractivity contribution is -0.320. The second-order valence-electron chi connectivity index (χ2n) is 17.4. The lowest BCUT2D eigenvalue weighted by Crippen LogP contribution is -2.65. The maximum atomic E-state index is 12.2. The van der Waals surface area contributed by atoms with Crippen LogP contribution in [-0.4, -0.2) is 85.8 Å². The number of rotatable bonds is 8. The van der Waals surface area contributed by atoms with Crippen LogP contribution in [0.4, 0.5) is 0 Å². The van der Waals surface area contributed by atoms with E-state index in [2.05, 4.69) is 47.6 Å². The van der Waals surface area contributed by atoms with Gasteiger partial charge < -0.3 is 40.1 Å². The van der Waals surface area contributed by atoms with Gasteiger partial charge in [0, 0.05) is 10.8 Å². The fourth-order valence-electron chi connectivity index (χ4n) is 11.3. The summed E-state index contributed by atoms with van der Waals surface area (Å²) < 4.78 is 12.1. The zero-order valence-electron chi connectivity index (χ0n) is 28.5. The first-order chi connectivity index (χ1) is 20.3. The van der Waals surface area contributed by atoms with Crippen molar-refractivity contribution >= 4 is 0 Å². The Balaban J connectivity index is 1.37. The van der Waals surface area contributed by atoms with Crippen LogP contribution in [0.1, 0.15) is 113 Å². The number of ether oxygens (including phenoxy) is 2. The van der Waals surface area contributed by atoms with E-state index in [4.69, 9.17) is 9.47 Å². The van der Waals surface area contributed by atoms with Gasteiger partial charge in [-0.1, -0.05) is 66.0 Å². The third-order valence-corrected chi connectivity index (χ3v) is 14.2. The Kier molecular flexibility index (Phi) is 9.35. The maximum absolute atomic E-state index is 12.2. The van der Waals surface area contributed by atoms with Gasteiger partial charge >= 0.3 is 0 Å². The predicted octanol–water partition coefficient (Wildman–Crippen LogP) is 4.32. The number of fused-ring (bicyclic) bond motifs is 5. The molecule has 5 rings (SSSR count). The molecule has 0 spiro atoms. The van der Waals surface area contributed by atoms with Gasteiger partial charge in [-0.15, -0.1) is 0 Å². The zero-order chi connectivity index (χ0) is 32.6. The monoisotopic (exact) mass is 622 g/mol. The first kappa shape index (κ1) is 34.7. The van der Waals surface area contributed by atoms with Crippen molar-refractivity contribution in [1.29, 1.82) is 0 Å². The van der Waals surface area contributed by atoms with Crippen molar-refractivity contribution in [2.45, 2.75) is 162 Å². The Morgan fingerprint density at radius 2 is 1.66 bits per heavy atom. The fourth-order valence-corrected chi connectivity index (χ4v) is 11.3. The van der Waals surface area contributed by atoms with Crippen LogP contribution in [0.2, 0.25) is 0 Å². The molecule has 8 nitrogen and oxygen atoms in total. The summed E-state index contributed by atoms with van der Waals surface area (Å²) in [7, 11) is 0. The summed E-state index contributed by atoms with van der Waals surface area (Å²) >= 11 is 0. The Morgan fingerprint density at radius 3 is 2.30 bits per heavy atom. The highest BCUT2D eigenvalue weighted by molar-refractivity contribution is 5.31. The van der Waals surface area contributed by atoms with Crippen molar-refractivity contribution in [2.75, 3.05) is 6.61 Å². The van der Waals surface area contributed by atoms with E-state index >= 15 is 0 Å². The van der Waals surface area contributed by atoms with E-state index in [-0.39, 0.29) is 28.3 Å². The van der Waals surface area contributed by atoms with Gasteiger partial charge in [0.15, 0.2) is 6.29 Å². The van der Waals surface area contributed by atoms with Crippen LogP contribution in [0, 0.1) is 45.3 Å². The van der Waals surface area contributed by atoms with Crippen molar-refractivity contribution in [1.82, 2.24) is 0 Å². The van der Waals surface area contributed by atoms with Crippen LogP contribution in [-0.2, 0) is 9.47 Å². The summed E-state index contributed by atoms with van der Waals surface area (Å²) in [4.78, 5) is 0. The van der Waals surface area contributed by atoms with Gasteiger partial charge in [0.1, 0.15) is 24.4 Å². The summed E-state index contributed by atoms with van der Waals surface area (Å²) in [5, 5.41) is 63.4. The number of aliphatic hydroxyl groups is 6. The van der Waals surface area contributed by atoms with E-state index in [0.717, 1.165) is 38.5 Å². The lowest BCUT2D eigenvalue weighted by atomic mass is 9.38. The quantitative estimate of drug-likeness (QED) is 0.220. The first-order valence-electron chi connectivity index (χ1n) is 17.4. The molecule has 4 fully saturated rings. The molecule has 0 aromatic heterocycles. The SMILES string of the molecule is C[C@H](CCCC(C)(C)O)C1CC[C@@]2(C)C3CC=C4C(CC[C@H](O[C@@H]5O[C@H](CO)[C@@H](O)[C@H](O)[C@H]5O)C4(C)C)[C@]3(C)[C@H](O)C[C@]12C. The van der Waals surface area contributed by atoms with E-state index in [1.54, 1.807) is 0 Å². The molecule has 3 saturated carbocycles. The van der Waals surface area contributed by atoms with E-state index in [9.17, 15) is 30.6 Å². The van der Waals surface area contributed by atoms with Gasteiger partial charge in [-0.2, -0.15) is 0 Å². The van der Waals surface area contributed by atoms with E-state index in [1.807, 2.05) is 13.8 Å². The van der Waals surface area contributed by atoms with Crippen LogP contribution in [0.3, 0.4) is 0 Å². The van der Waals surface area contributed by atoms with E-state index in [1.165, 1.54) is 18.4 Å². The molecule has 5 aliphatic rings. The molecule has 1 saturated heterocycles. The lowest BCUT2D eigenvalue weighted by Gasteiger charge is -2.67. The normalized spacial score (nSPS) is 49.5. The van der Waals surface area contributed by atoms with Gasteiger partial charge in [0.2, 0.25) is 0 Å². The van der Waals surface area contributed by atoms with Crippen molar-refractivity contribution in [3.05, 3.63) is 11.6 Å². The largest absolute Gasteiger partial charge is 0.394 e. The van der Waals surface area contributed by atoms with Crippen LogP contribution in [0.15, 0.2) is 11.6 Å². The Labute approximate surface area is 265 Å². The van der Waals surface area contributed by atoms with Crippen LogP contribution in [0.25, 0.3) is 0 Å². The van der Waals surface area contributed by atoms with E-state index < -0.39 is 54.4 Å². The van der Waals surface area contributed by atoms with Gasteiger partial charge in [-0.3, -0.25) is 0 Å². The van der Waals surface area contributed by atoms with Gasteiger partial charge in [0.25, 0.3) is 0 Å². The number of allylic oxidation sites excluding steroid dienone is 1. The van der Waals surface area contributed by atoms with Crippen molar-refractivity contribution < 1.29 is 40.1 Å². The maximum Gasteiger partial charge on any atom is 0.187 e. The highest BCUT2D eigenvalue weighted by Crippen LogP contribution is 2.75. The second-order valence-corrected chi connectivity index (χ2v) is 17.4. The van der Waals surface area contributed by atoms with Crippen molar-refractivity contribution in [3.63, 3.8) is 0 Å². The number of hydrogen-bond donors (Lipinski definition) is 6. The summed E-state index contributed by atoms with van der Waals surface area (Å²) in [5.41, 5.74) is 0.182. The zero-order valence-corrected chi connectivity index (χ0v) is 28.5. The molecule has 44 heavy (non-hydrogen) atoms. The minimum atomic E-state index is -1.47. The second kappa shape index (κ2) is 11.8. The summed E-state index contributed by atoms with van der Waals surface area (Å²) in [6.07, 6.45) is 3.87.